The van der Waals surface area contributed by atoms with Crippen LogP contribution in [0.2, 0.25) is 0 Å². The van der Waals surface area contributed by atoms with Gasteiger partial charge in [-0.3, -0.25) is 0 Å². The third kappa shape index (κ3) is 4.11. The van der Waals surface area contributed by atoms with Crippen LogP contribution >= 0.6 is 15.9 Å². The van der Waals surface area contributed by atoms with E-state index in [1.807, 2.05) is 76.2 Å². The fourth-order valence-electron chi connectivity index (χ4n) is 2.56. The van der Waals surface area contributed by atoms with Gasteiger partial charge in [0.25, 0.3) is 0 Å². The lowest BCUT2D eigenvalue weighted by molar-refractivity contribution is 0.00578. The number of anilines is 2. The molecule has 1 heterocycles. The van der Waals surface area contributed by atoms with Gasteiger partial charge in [-0.2, -0.15) is 0 Å². The third-order valence-electron chi connectivity index (χ3n) is 4.78. The number of urea groups is 1. The van der Waals surface area contributed by atoms with Crippen molar-refractivity contribution < 1.29 is 14.1 Å². The zero-order valence-electron chi connectivity index (χ0n) is 15.3. The Morgan fingerprint density at radius 2 is 1.50 bits per heavy atom. The van der Waals surface area contributed by atoms with Crippen molar-refractivity contribution in [2.24, 2.45) is 0 Å². The molecule has 3 rings (SSSR count). The van der Waals surface area contributed by atoms with E-state index in [1.165, 1.54) is 0 Å². The molecule has 1 saturated heterocycles. The molecule has 2 N–H and O–H groups in total. The Hall–Kier alpha value is -1.83. The van der Waals surface area contributed by atoms with Crippen molar-refractivity contribution in [1.82, 2.24) is 0 Å². The summed E-state index contributed by atoms with van der Waals surface area (Å²) in [5.41, 5.74) is 1.57. The third-order valence-corrected chi connectivity index (χ3v) is 5.27. The quantitative estimate of drug-likeness (QED) is 0.729. The summed E-state index contributed by atoms with van der Waals surface area (Å²) in [7, 11) is -0.412. The molecule has 136 valence electrons. The highest BCUT2D eigenvalue weighted by atomic mass is 79.9. The van der Waals surface area contributed by atoms with Gasteiger partial charge in [0.15, 0.2) is 0 Å². The summed E-state index contributed by atoms with van der Waals surface area (Å²) in [5.74, 6) is 0. The molecular weight excluding hydrogens is 395 g/mol. The van der Waals surface area contributed by atoms with Gasteiger partial charge < -0.3 is 19.9 Å². The van der Waals surface area contributed by atoms with Crippen LogP contribution in [0.4, 0.5) is 16.2 Å². The molecule has 2 aromatic carbocycles. The van der Waals surface area contributed by atoms with Gasteiger partial charge in [0, 0.05) is 15.8 Å². The lowest BCUT2D eigenvalue weighted by Crippen LogP contribution is -2.41. The molecule has 0 unspecified atom stereocenters. The average molecular weight is 417 g/mol. The molecule has 0 bridgehead atoms. The van der Waals surface area contributed by atoms with Crippen LogP contribution in [0.5, 0.6) is 0 Å². The van der Waals surface area contributed by atoms with Crippen molar-refractivity contribution in [3.8, 4) is 0 Å². The van der Waals surface area contributed by atoms with E-state index >= 15 is 0 Å². The topological polar surface area (TPSA) is 59.6 Å². The first-order chi connectivity index (χ1) is 12.2. The van der Waals surface area contributed by atoms with E-state index in [2.05, 4.69) is 26.6 Å². The highest BCUT2D eigenvalue weighted by Gasteiger charge is 2.51. The molecule has 5 nitrogen and oxygen atoms in total. The number of amides is 2. The summed E-state index contributed by atoms with van der Waals surface area (Å²) in [5, 5.41) is 5.61. The molecule has 2 aromatic rings. The average Bonchev–Trinajstić information content (AvgIpc) is 2.76. The smallest absolute Gasteiger partial charge is 0.399 e. The summed E-state index contributed by atoms with van der Waals surface area (Å²) in [4.78, 5) is 12.1. The number of hydrogen-bond acceptors (Lipinski definition) is 3. The van der Waals surface area contributed by atoms with Crippen molar-refractivity contribution in [3.05, 3.63) is 53.0 Å². The summed E-state index contributed by atoms with van der Waals surface area (Å²) in [6.45, 7) is 8.09. The molecule has 26 heavy (non-hydrogen) atoms. The van der Waals surface area contributed by atoms with Crippen molar-refractivity contribution in [3.63, 3.8) is 0 Å². The predicted molar refractivity (Wildman–Crippen MR) is 109 cm³/mol. The second kappa shape index (κ2) is 7.06. The molecule has 0 saturated carbocycles. The first kappa shape index (κ1) is 19.0. The zero-order valence-corrected chi connectivity index (χ0v) is 16.9. The number of hydrogen-bond donors (Lipinski definition) is 2. The predicted octanol–water partition coefficient (Wildman–Crippen LogP) is 4.39. The van der Waals surface area contributed by atoms with Gasteiger partial charge in [-0.25, -0.2) is 4.79 Å². The van der Waals surface area contributed by atoms with Crippen molar-refractivity contribution in [1.29, 1.82) is 0 Å². The van der Waals surface area contributed by atoms with E-state index in [-0.39, 0.29) is 17.2 Å². The Morgan fingerprint density at radius 1 is 0.923 bits per heavy atom. The lowest BCUT2D eigenvalue weighted by atomic mass is 9.79. The van der Waals surface area contributed by atoms with E-state index in [1.54, 1.807) is 0 Å². The van der Waals surface area contributed by atoms with Crippen molar-refractivity contribution in [2.75, 3.05) is 10.6 Å². The first-order valence-electron chi connectivity index (χ1n) is 8.45. The van der Waals surface area contributed by atoms with Gasteiger partial charge in [-0.05, 0) is 63.5 Å². The molecule has 2 amide bonds. The highest BCUT2D eigenvalue weighted by molar-refractivity contribution is 9.10. The molecule has 0 radical (unpaired) electrons. The molecular formula is C19H22BBrN2O3. The summed E-state index contributed by atoms with van der Waals surface area (Å²) < 4.78 is 13.0. The molecule has 0 atom stereocenters. The van der Waals surface area contributed by atoms with Crippen molar-refractivity contribution >= 4 is 45.9 Å². The Kier molecular flexibility index (Phi) is 5.15. The molecule has 0 aromatic heterocycles. The van der Waals surface area contributed by atoms with Crippen LogP contribution in [0.3, 0.4) is 0 Å². The number of carbonyl (C=O) groups is 1. The van der Waals surface area contributed by atoms with Crippen LogP contribution in [0, 0.1) is 0 Å². The molecule has 0 spiro atoms. The van der Waals surface area contributed by atoms with Crippen LogP contribution in [0.15, 0.2) is 53.0 Å². The maximum absolute atomic E-state index is 12.1. The maximum Gasteiger partial charge on any atom is 0.494 e. The van der Waals surface area contributed by atoms with E-state index in [9.17, 15) is 4.79 Å². The van der Waals surface area contributed by atoms with E-state index in [4.69, 9.17) is 9.31 Å². The fourth-order valence-corrected chi connectivity index (χ4v) is 2.96. The number of nitrogens with one attached hydrogen (secondary N) is 2. The minimum Gasteiger partial charge on any atom is -0.399 e. The Morgan fingerprint density at radius 3 is 2.08 bits per heavy atom. The SMILES string of the molecule is CC1(C)OB(c2ccc(NC(=O)Nc3cccc(Br)c3)cc2)OC1(C)C. The van der Waals surface area contributed by atoms with Crippen molar-refractivity contribution in [2.45, 2.75) is 38.9 Å². The monoisotopic (exact) mass is 416 g/mol. The molecule has 1 aliphatic heterocycles. The second-order valence-corrected chi connectivity index (χ2v) is 8.22. The van der Waals surface area contributed by atoms with Crippen LogP contribution < -0.4 is 16.1 Å². The Balaban J connectivity index is 1.62. The maximum atomic E-state index is 12.1. The van der Waals surface area contributed by atoms with E-state index in [0.29, 0.717) is 11.4 Å². The minimum atomic E-state index is -0.412. The Labute approximate surface area is 162 Å². The first-order valence-corrected chi connectivity index (χ1v) is 9.25. The van der Waals surface area contributed by atoms with Gasteiger partial charge in [0.2, 0.25) is 0 Å². The Bertz CT molecular complexity index is 793. The highest BCUT2D eigenvalue weighted by Crippen LogP contribution is 2.36. The van der Waals surface area contributed by atoms with Gasteiger partial charge >= 0.3 is 13.1 Å². The minimum absolute atomic E-state index is 0.300. The number of benzene rings is 2. The van der Waals surface area contributed by atoms with Crippen LogP contribution in [-0.4, -0.2) is 24.4 Å². The van der Waals surface area contributed by atoms with E-state index in [0.717, 1.165) is 9.94 Å². The second-order valence-electron chi connectivity index (χ2n) is 7.30. The van der Waals surface area contributed by atoms with Crippen LogP contribution in [-0.2, 0) is 9.31 Å². The standard InChI is InChI=1S/C19H22BBrN2O3/c1-18(2)19(3,4)26-20(25-18)13-8-10-15(11-9-13)22-17(24)23-16-7-5-6-14(21)12-16/h5-12H,1-4H3,(H2,22,23,24). The van der Waals surface area contributed by atoms with Gasteiger partial charge in [0.1, 0.15) is 0 Å². The molecule has 1 aliphatic rings. The molecule has 7 heteroatoms. The molecule has 1 fully saturated rings. The van der Waals surface area contributed by atoms with Crippen LogP contribution in [0.25, 0.3) is 0 Å². The summed E-state index contributed by atoms with van der Waals surface area (Å²) in [6, 6.07) is 14.6. The largest absolute Gasteiger partial charge is 0.494 e. The van der Waals surface area contributed by atoms with Gasteiger partial charge in [-0.15, -0.1) is 0 Å². The number of carbonyl (C=O) groups excluding carboxylic acids is 1. The fraction of sp³-hybridized carbons (Fsp3) is 0.316. The zero-order chi connectivity index (χ0) is 18.9. The van der Waals surface area contributed by atoms with Gasteiger partial charge in [-0.1, -0.05) is 34.1 Å². The molecule has 0 aliphatic carbocycles. The normalized spacial score (nSPS) is 17.8. The number of rotatable bonds is 3. The van der Waals surface area contributed by atoms with E-state index < -0.39 is 7.12 Å². The summed E-state index contributed by atoms with van der Waals surface area (Å²) >= 11 is 3.38. The van der Waals surface area contributed by atoms with Gasteiger partial charge in [0.05, 0.1) is 11.2 Å². The number of halogens is 1. The lowest BCUT2D eigenvalue weighted by Gasteiger charge is -2.32. The van der Waals surface area contributed by atoms with Crippen LogP contribution in [0.1, 0.15) is 27.7 Å². The summed E-state index contributed by atoms with van der Waals surface area (Å²) in [6.07, 6.45) is 0.